The van der Waals surface area contributed by atoms with Crippen LogP contribution in [0.2, 0.25) is 5.02 Å². The van der Waals surface area contributed by atoms with Crippen LogP contribution in [0.1, 0.15) is 75.5 Å². The maximum Gasteiger partial charge on any atom is 0.437 e. The predicted octanol–water partition coefficient (Wildman–Crippen LogP) is 6.03. The fourth-order valence-corrected chi connectivity index (χ4v) is 5.16. The monoisotopic (exact) mass is 639 g/mol. The second kappa shape index (κ2) is 11.5. The van der Waals surface area contributed by atoms with E-state index in [1.54, 1.807) is 26.8 Å². The van der Waals surface area contributed by atoms with Crippen molar-refractivity contribution in [2.75, 3.05) is 6.61 Å². The molecule has 3 N–H and O–H groups in total. The third-order valence-corrected chi connectivity index (χ3v) is 6.83. The highest BCUT2D eigenvalue weighted by Gasteiger charge is 2.56. The van der Waals surface area contributed by atoms with E-state index in [2.05, 4.69) is 26.2 Å². The lowest BCUT2D eigenvalue weighted by Crippen LogP contribution is -2.47. The lowest BCUT2D eigenvalue weighted by Gasteiger charge is -2.35. The maximum absolute atomic E-state index is 15.5. The summed E-state index contributed by atoms with van der Waals surface area (Å²) in [6.07, 6.45) is -0.949. The molecular formula is C28H32BrClFN3O6. The fraction of sp³-hybridized carbons (Fsp3) is 0.429. The number of ether oxygens (including phenoxy) is 1. The molecule has 40 heavy (non-hydrogen) atoms. The standard InChI is InChI=1S/C28H32BrClFN3O6/c1-26(2,3)14-28(18-9-8-16(29)12-20(18)31)23(38)34(24(33-28)32-25(39)40-27(4,5)6)21(13-35)15-7-10-19(30)17(11-15)22(36)37/h7-12,21,35H,13-14H2,1-6H3,(H,36,37)(H,32,33,39)/t21?,28-/m1/s1. The Kier molecular flexibility index (Phi) is 9.03. The van der Waals surface area contributed by atoms with Gasteiger partial charge in [-0.2, -0.15) is 0 Å². The summed E-state index contributed by atoms with van der Waals surface area (Å²) in [5.74, 6) is -2.97. The van der Waals surface area contributed by atoms with Crippen LogP contribution in [0.15, 0.2) is 45.9 Å². The van der Waals surface area contributed by atoms with Crippen molar-refractivity contribution in [2.24, 2.45) is 10.4 Å². The van der Waals surface area contributed by atoms with E-state index < -0.39 is 53.0 Å². The van der Waals surface area contributed by atoms with E-state index in [0.29, 0.717) is 4.47 Å². The Hall–Kier alpha value is -3.02. The zero-order valence-electron chi connectivity index (χ0n) is 23.0. The molecule has 0 saturated carbocycles. The number of aromatic carboxylic acids is 1. The number of aliphatic hydroxyl groups is 1. The number of rotatable bonds is 6. The van der Waals surface area contributed by atoms with Gasteiger partial charge in [-0.05, 0) is 62.4 Å². The molecule has 1 heterocycles. The first kappa shape index (κ1) is 31.5. The molecule has 0 spiro atoms. The van der Waals surface area contributed by atoms with E-state index in [1.165, 1.54) is 30.3 Å². The summed E-state index contributed by atoms with van der Waals surface area (Å²) in [7, 11) is 0. The van der Waals surface area contributed by atoms with Crippen molar-refractivity contribution in [3.63, 3.8) is 0 Å². The van der Waals surface area contributed by atoms with Gasteiger partial charge >= 0.3 is 12.1 Å². The number of hydrogen-bond acceptors (Lipinski definition) is 5. The van der Waals surface area contributed by atoms with Crippen LogP contribution < -0.4 is 5.32 Å². The van der Waals surface area contributed by atoms with Crippen molar-refractivity contribution in [1.82, 2.24) is 10.2 Å². The van der Waals surface area contributed by atoms with E-state index in [-0.39, 0.29) is 34.1 Å². The molecule has 0 aromatic heterocycles. The molecule has 2 aromatic carbocycles. The van der Waals surface area contributed by atoms with Crippen LogP contribution in [0.4, 0.5) is 9.18 Å². The molecule has 2 atom stereocenters. The third kappa shape index (κ3) is 6.82. The average Bonchev–Trinajstić information content (AvgIpc) is 3.04. The lowest BCUT2D eigenvalue weighted by molar-refractivity contribution is -0.135. The van der Waals surface area contributed by atoms with Crippen molar-refractivity contribution in [3.05, 3.63) is 68.4 Å². The van der Waals surface area contributed by atoms with Gasteiger partial charge in [0.25, 0.3) is 5.91 Å². The van der Waals surface area contributed by atoms with Gasteiger partial charge in [-0.1, -0.05) is 60.4 Å². The predicted molar refractivity (Wildman–Crippen MR) is 152 cm³/mol. The molecule has 12 heteroatoms. The Morgan fingerprint density at radius 3 is 2.35 bits per heavy atom. The number of benzene rings is 2. The molecular weight excluding hydrogens is 609 g/mol. The van der Waals surface area contributed by atoms with Gasteiger partial charge in [0.1, 0.15) is 17.0 Å². The van der Waals surface area contributed by atoms with Gasteiger partial charge < -0.3 is 20.3 Å². The van der Waals surface area contributed by atoms with Gasteiger partial charge in [0, 0.05) is 10.0 Å². The van der Waals surface area contributed by atoms with E-state index in [1.807, 2.05) is 20.8 Å². The Balaban J connectivity index is 2.30. The maximum atomic E-state index is 15.5. The number of carboxylic acids is 1. The Morgan fingerprint density at radius 1 is 1.18 bits per heavy atom. The minimum Gasteiger partial charge on any atom is -0.478 e. The summed E-state index contributed by atoms with van der Waals surface area (Å²) in [5, 5.41) is 23.1. The number of amides is 2. The second-order valence-electron chi connectivity index (χ2n) is 11.7. The van der Waals surface area contributed by atoms with Gasteiger partial charge in [0.15, 0.2) is 0 Å². The Labute approximate surface area is 245 Å². The number of nitrogens with one attached hydrogen (secondary N) is 1. The minimum atomic E-state index is -1.74. The quantitative estimate of drug-likeness (QED) is 0.352. The van der Waals surface area contributed by atoms with Gasteiger partial charge in [-0.25, -0.2) is 14.0 Å². The first-order valence-corrected chi connectivity index (χ1v) is 13.6. The number of carboxylic acid groups (broad SMARTS) is 1. The van der Waals surface area contributed by atoms with E-state index in [9.17, 15) is 24.6 Å². The van der Waals surface area contributed by atoms with Crippen LogP contribution >= 0.6 is 27.5 Å². The molecule has 216 valence electrons. The molecule has 1 saturated heterocycles. The second-order valence-corrected chi connectivity index (χ2v) is 13.0. The molecule has 2 aromatic rings. The van der Waals surface area contributed by atoms with Crippen molar-refractivity contribution >= 4 is 51.5 Å². The zero-order chi connectivity index (χ0) is 30.2. The number of guanidine groups is 1. The number of halogens is 3. The fourth-order valence-electron chi connectivity index (χ4n) is 4.63. The molecule has 0 aliphatic carbocycles. The van der Waals surface area contributed by atoms with Gasteiger partial charge in [0.2, 0.25) is 5.96 Å². The number of nitrogens with zero attached hydrogens (tertiary/aromatic N) is 2. The van der Waals surface area contributed by atoms with Crippen molar-refractivity contribution in [2.45, 2.75) is 65.1 Å². The highest BCUT2D eigenvalue weighted by Crippen LogP contribution is 2.43. The molecule has 0 radical (unpaired) electrons. The number of aliphatic hydroxyl groups excluding tert-OH is 1. The Bertz CT molecular complexity index is 1370. The molecule has 0 bridgehead atoms. The molecule has 9 nitrogen and oxygen atoms in total. The molecule has 2 amide bonds. The van der Waals surface area contributed by atoms with E-state index in [4.69, 9.17) is 16.3 Å². The smallest absolute Gasteiger partial charge is 0.437 e. The van der Waals surface area contributed by atoms with Gasteiger partial charge in [-0.3, -0.25) is 9.69 Å². The summed E-state index contributed by atoms with van der Waals surface area (Å²) < 4.78 is 21.3. The lowest BCUT2D eigenvalue weighted by atomic mass is 9.75. The van der Waals surface area contributed by atoms with Crippen LogP contribution in [0, 0.1) is 11.2 Å². The molecule has 1 aliphatic rings. The number of aliphatic imine (C=N–C) groups is 1. The zero-order valence-corrected chi connectivity index (χ0v) is 25.4. The first-order chi connectivity index (χ1) is 18.4. The van der Waals surface area contributed by atoms with Crippen molar-refractivity contribution in [1.29, 1.82) is 0 Å². The highest BCUT2D eigenvalue weighted by atomic mass is 79.9. The van der Waals surface area contributed by atoms with Crippen LogP contribution in [0.3, 0.4) is 0 Å². The van der Waals surface area contributed by atoms with Crippen LogP contribution in [0.25, 0.3) is 0 Å². The van der Waals surface area contributed by atoms with E-state index >= 15 is 4.39 Å². The molecule has 3 rings (SSSR count). The van der Waals surface area contributed by atoms with Crippen LogP contribution in [-0.4, -0.2) is 51.3 Å². The molecule has 1 fully saturated rings. The topological polar surface area (TPSA) is 129 Å². The van der Waals surface area contributed by atoms with Crippen molar-refractivity contribution < 1.29 is 33.7 Å². The van der Waals surface area contributed by atoms with E-state index in [0.717, 1.165) is 4.90 Å². The largest absolute Gasteiger partial charge is 0.478 e. The third-order valence-electron chi connectivity index (χ3n) is 6.00. The summed E-state index contributed by atoms with van der Waals surface area (Å²) in [5.41, 5.74) is -3.21. The summed E-state index contributed by atoms with van der Waals surface area (Å²) in [6.45, 7) is 9.87. The average molecular weight is 641 g/mol. The first-order valence-electron chi connectivity index (χ1n) is 12.4. The molecule has 1 aliphatic heterocycles. The number of carbonyl (C=O) groups is 3. The molecule has 1 unspecified atom stereocenters. The summed E-state index contributed by atoms with van der Waals surface area (Å²) >= 11 is 9.29. The van der Waals surface area contributed by atoms with Crippen molar-refractivity contribution in [3.8, 4) is 0 Å². The van der Waals surface area contributed by atoms with Crippen LogP contribution in [-0.2, 0) is 15.1 Å². The van der Waals surface area contributed by atoms with Gasteiger partial charge in [-0.15, -0.1) is 4.99 Å². The van der Waals surface area contributed by atoms with Crippen LogP contribution in [0.5, 0.6) is 0 Å². The summed E-state index contributed by atoms with van der Waals surface area (Å²) in [4.78, 5) is 44.1. The number of hydrogen-bond donors (Lipinski definition) is 3. The normalized spacial score (nSPS) is 19.5. The minimum absolute atomic E-state index is 0.00837. The van der Waals surface area contributed by atoms with Gasteiger partial charge in [0.05, 0.1) is 23.2 Å². The number of carbonyl (C=O) groups excluding carboxylic acids is 2. The summed E-state index contributed by atoms with van der Waals surface area (Å²) in [6, 6.07) is 7.09. The Morgan fingerprint density at radius 2 is 1.82 bits per heavy atom. The SMILES string of the molecule is CC(C)(C)C[C@]1(c2ccc(Br)cc2F)NC(=NC(=O)OC(C)(C)C)N(C(CO)c2ccc(Cl)c(C(=O)O)c2)C1=O. The highest BCUT2D eigenvalue weighted by molar-refractivity contribution is 9.10.